The molecule has 1 aromatic carbocycles. The summed E-state index contributed by atoms with van der Waals surface area (Å²) in [6.45, 7) is 1.92. The van der Waals surface area contributed by atoms with Crippen LogP contribution in [0.1, 0.15) is 15.9 Å². The summed E-state index contributed by atoms with van der Waals surface area (Å²) in [5.74, 6) is -0.200. The second-order valence-corrected chi connectivity index (χ2v) is 5.24. The van der Waals surface area contributed by atoms with Crippen molar-refractivity contribution in [1.82, 2.24) is 10.3 Å². The molecule has 0 atom stereocenters. The van der Waals surface area contributed by atoms with Crippen LogP contribution in [0.25, 0.3) is 6.08 Å². The topological polar surface area (TPSA) is 54.0 Å². The van der Waals surface area contributed by atoms with Crippen LogP contribution in [0.5, 0.6) is 0 Å². The largest absolute Gasteiger partial charge is 0.322 e. The summed E-state index contributed by atoms with van der Waals surface area (Å²) in [7, 11) is 0. The van der Waals surface area contributed by atoms with Crippen molar-refractivity contribution < 1.29 is 4.79 Å². The quantitative estimate of drug-likeness (QED) is 0.857. The van der Waals surface area contributed by atoms with Gasteiger partial charge in [0.05, 0.1) is 5.56 Å². The van der Waals surface area contributed by atoms with E-state index >= 15 is 0 Å². The van der Waals surface area contributed by atoms with Crippen LogP contribution in [0.3, 0.4) is 0 Å². The molecule has 0 bridgehead atoms. The highest BCUT2D eigenvalue weighted by Crippen LogP contribution is 2.15. The predicted octanol–water partition coefficient (Wildman–Crippen LogP) is 2.97. The van der Waals surface area contributed by atoms with Crippen molar-refractivity contribution >= 4 is 29.3 Å². The highest BCUT2D eigenvalue weighted by molar-refractivity contribution is 6.29. The Morgan fingerprint density at radius 2 is 1.95 bits per heavy atom. The van der Waals surface area contributed by atoms with Crippen molar-refractivity contribution in [2.75, 3.05) is 18.4 Å². The zero-order valence-electron chi connectivity index (χ0n) is 11.3. The molecule has 1 amide bonds. The maximum absolute atomic E-state index is 12.0. The van der Waals surface area contributed by atoms with Gasteiger partial charge in [0.25, 0.3) is 5.91 Å². The number of hydrogen-bond donors (Lipinski definition) is 2. The fourth-order valence-corrected chi connectivity index (χ4v) is 2.09. The van der Waals surface area contributed by atoms with Crippen LogP contribution in [0.4, 0.5) is 5.69 Å². The van der Waals surface area contributed by atoms with E-state index in [4.69, 9.17) is 11.6 Å². The lowest BCUT2D eigenvalue weighted by molar-refractivity contribution is 0.102. The van der Waals surface area contributed by atoms with Gasteiger partial charge in [-0.2, -0.15) is 0 Å². The molecule has 0 unspecified atom stereocenters. The van der Waals surface area contributed by atoms with E-state index in [-0.39, 0.29) is 5.91 Å². The van der Waals surface area contributed by atoms with Crippen molar-refractivity contribution in [2.45, 2.75) is 0 Å². The van der Waals surface area contributed by atoms with Gasteiger partial charge in [-0.3, -0.25) is 4.79 Å². The average molecular weight is 300 g/mol. The van der Waals surface area contributed by atoms with Gasteiger partial charge >= 0.3 is 0 Å². The average Bonchev–Trinajstić information content (AvgIpc) is 2.45. The standard InChI is InChI=1S/C16H14ClN3O/c17-15-6-3-13(10-19-15)16(21)20-14-4-1-11(2-5-14)7-12-8-18-9-12/h1-7,10,18H,8-9H2,(H,20,21). The van der Waals surface area contributed by atoms with E-state index < -0.39 is 0 Å². The maximum atomic E-state index is 12.0. The third-order valence-corrected chi connectivity index (χ3v) is 3.46. The van der Waals surface area contributed by atoms with Crippen LogP contribution in [0, 0.1) is 0 Å². The molecule has 2 N–H and O–H groups in total. The van der Waals surface area contributed by atoms with Gasteiger partial charge < -0.3 is 10.6 Å². The fraction of sp³-hybridized carbons (Fsp3) is 0.125. The summed E-state index contributed by atoms with van der Waals surface area (Å²) in [5.41, 5.74) is 3.76. The van der Waals surface area contributed by atoms with Gasteiger partial charge in [-0.05, 0) is 35.4 Å². The van der Waals surface area contributed by atoms with E-state index in [9.17, 15) is 4.79 Å². The molecule has 1 saturated heterocycles. The molecule has 106 valence electrons. The number of aromatic nitrogens is 1. The zero-order chi connectivity index (χ0) is 14.7. The number of benzene rings is 1. The minimum Gasteiger partial charge on any atom is -0.322 e. The molecule has 0 radical (unpaired) electrons. The molecule has 1 fully saturated rings. The normalized spacial score (nSPS) is 13.5. The van der Waals surface area contributed by atoms with Gasteiger partial charge in [-0.25, -0.2) is 4.98 Å². The maximum Gasteiger partial charge on any atom is 0.257 e. The minimum atomic E-state index is -0.200. The second kappa shape index (κ2) is 6.08. The van der Waals surface area contributed by atoms with Crippen LogP contribution in [0.2, 0.25) is 5.15 Å². The molecule has 0 aliphatic carbocycles. The van der Waals surface area contributed by atoms with E-state index in [1.165, 1.54) is 11.8 Å². The van der Waals surface area contributed by atoms with Gasteiger partial charge in [0.1, 0.15) is 5.15 Å². The Labute approximate surface area is 127 Å². The number of rotatable bonds is 3. The third kappa shape index (κ3) is 3.48. The molecule has 1 aliphatic heterocycles. The number of anilines is 1. The van der Waals surface area contributed by atoms with Crippen LogP contribution >= 0.6 is 11.6 Å². The summed E-state index contributed by atoms with van der Waals surface area (Å²) in [5, 5.41) is 6.40. The Bertz CT molecular complexity index is 672. The Balaban J connectivity index is 1.67. The van der Waals surface area contributed by atoms with Gasteiger partial charge in [-0.15, -0.1) is 0 Å². The first-order chi connectivity index (χ1) is 10.2. The summed E-state index contributed by atoms with van der Waals surface area (Å²) in [4.78, 5) is 15.9. The van der Waals surface area contributed by atoms with E-state index in [2.05, 4.69) is 21.7 Å². The fourth-order valence-electron chi connectivity index (χ4n) is 1.98. The molecular formula is C16H14ClN3O. The SMILES string of the molecule is O=C(Nc1ccc(C=C2CNC2)cc1)c1ccc(Cl)nc1. The molecule has 3 rings (SSSR count). The lowest BCUT2D eigenvalue weighted by Crippen LogP contribution is -2.33. The molecule has 0 spiro atoms. The van der Waals surface area contributed by atoms with Crippen molar-refractivity contribution in [3.05, 3.63) is 64.4 Å². The molecule has 2 aromatic rings. The lowest BCUT2D eigenvalue weighted by atomic mass is 10.1. The van der Waals surface area contributed by atoms with Gasteiger partial charge in [0.2, 0.25) is 0 Å². The van der Waals surface area contributed by atoms with Crippen molar-refractivity contribution in [2.24, 2.45) is 0 Å². The Hall–Kier alpha value is -2.17. The molecule has 21 heavy (non-hydrogen) atoms. The Morgan fingerprint density at radius 1 is 1.19 bits per heavy atom. The number of halogens is 1. The lowest BCUT2D eigenvalue weighted by Gasteiger charge is -2.18. The van der Waals surface area contributed by atoms with E-state index in [0.29, 0.717) is 10.7 Å². The van der Waals surface area contributed by atoms with Crippen LogP contribution < -0.4 is 10.6 Å². The number of nitrogens with zero attached hydrogens (tertiary/aromatic N) is 1. The minimum absolute atomic E-state index is 0.200. The number of pyridine rings is 1. The van der Waals surface area contributed by atoms with E-state index in [1.807, 2.05) is 24.3 Å². The van der Waals surface area contributed by atoms with Crippen LogP contribution in [-0.4, -0.2) is 24.0 Å². The van der Waals surface area contributed by atoms with Gasteiger partial charge in [0.15, 0.2) is 0 Å². The van der Waals surface area contributed by atoms with E-state index in [1.54, 1.807) is 12.1 Å². The van der Waals surface area contributed by atoms with E-state index in [0.717, 1.165) is 24.3 Å². The number of hydrogen-bond acceptors (Lipinski definition) is 3. The zero-order valence-corrected chi connectivity index (χ0v) is 12.0. The monoisotopic (exact) mass is 299 g/mol. The number of nitrogens with one attached hydrogen (secondary N) is 2. The molecule has 1 aliphatic rings. The number of carbonyl (C=O) groups is 1. The predicted molar refractivity (Wildman–Crippen MR) is 84.5 cm³/mol. The summed E-state index contributed by atoms with van der Waals surface area (Å²) in [6, 6.07) is 11.0. The van der Waals surface area contributed by atoms with Crippen molar-refractivity contribution in [3.8, 4) is 0 Å². The van der Waals surface area contributed by atoms with Crippen LogP contribution in [0.15, 0.2) is 48.2 Å². The number of amides is 1. The van der Waals surface area contributed by atoms with Crippen molar-refractivity contribution in [3.63, 3.8) is 0 Å². The summed E-state index contributed by atoms with van der Waals surface area (Å²) in [6.07, 6.45) is 3.62. The van der Waals surface area contributed by atoms with Gasteiger partial charge in [0, 0.05) is 25.0 Å². The molecule has 1 aromatic heterocycles. The first-order valence-corrected chi connectivity index (χ1v) is 7.02. The highest BCUT2D eigenvalue weighted by atomic mass is 35.5. The molecule has 2 heterocycles. The third-order valence-electron chi connectivity index (χ3n) is 3.23. The van der Waals surface area contributed by atoms with Crippen molar-refractivity contribution in [1.29, 1.82) is 0 Å². The van der Waals surface area contributed by atoms with Gasteiger partial charge in [-0.1, -0.05) is 29.8 Å². The highest BCUT2D eigenvalue weighted by Gasteiger charge is 2.08. The van der Waals surface area contributed by atoms with Crippen LogP contribution in [-0.2, 0) is 0 Å². The molecule has 5 heteroatoms. The summed E-state index contributed by atoms with van der Waals surface area (Å²) < 4.78 is 0. The molecule has 0 saturated carbocycles. The molecule has 4 nitrogen and oxygen atoms in total. The Morgan fingerprint density at radius 3 is 2.52 bits per heavy atom. The Kier molecular flexibility index (Phi) is 3.99. The first-order valence-electron chi connectivity index (χ1n) is 6.64. The first kappa shape index (κ1) is 13.8. The molecular weight excluding hydrogens is 286 g/mol. The number of carbonyl (C=O) groups excluding carboxylic acids is 1. The summed E-state index contributed by atoms with van der Waals surface area (Å²) >= 11 is 5.70. The smallest absolute Gasteiger partial charge is 0.257 e. The second-order valence-electron chi connectivity index (χ2n) is 4.85.